The first kappa shape index (κ1) is 45.0. The van der Waals surface area contributed by atoms with Crippen LogP contribution in [-0.4, -0.2) is 65.8 Å². The molecule has 4 aliphatic heterocycles. The van der Waals surface area contributed by atoms with Gasteiger partial charge in [0, 0.05) is 55.3 Å². The Morgan fingerprint density at radius 3 is 0.928 bits per heavy atom. The van der Waals surface area contributed by atoms with Crippen molar-refractivity contribution < 1.29 is 48.3 Å². The fourth-order valence-electron chi connectivity index (χ4n) is 8.20. The van der Waals surface area contributed by atoms with E-state index in [0.717, 1.165) is 112 Å². The maximum Gasteiger partial charge on any atom is 2.00 e. The number of nitrogens with one attached hydrogen (secondary N) is 4. The summed E-state index contributed by atoms with van der Waals surface area (Å²) >= 11 is 0. The SMILES string of the molecule is O=S(=O)([O-])c1ccc(-c2c3nc(cc4ccc(cc5nc(cc6ccc2[nH]6)C=C5)[nH]4)C=C3)cc1.O=S(=O)([O-])c1ccc(-c2c3nc(cc4ccc(cc5nc(cc6ccc2[nH]6)C=C5)[nH]4)C=C3)cc1.[Ag+2]. The molecule has 17 heteroatoms. The third-order valence-electron chi connectivity index (χ3n) is 11.3. The van der Waals surface area contributed by atoms with Gasteiger partial charge >= 0.3 is 22.4 Å². The first-order valence-electron chi connectivity index (χ1n) is 21.1. The molecular formula is C52H34AgN8O6S2. The average Bonchev–Trinajstić information content (AvgIpc) is 4.16. The van der Waals surface area contributed by atoms with Crippen LogP contribution in [0.3, 0.4) is 0 Å². The standard InChI is InChI=1S/2C26H18N4O3S.Ag/c2*31-34(32,33)23-9-1-16(2-10-23)26-24-11-7-21(29-24)14-19-5-3-17(27-19)13-18-4-6-20(28-18)15-22-8-12-25(26)30-22;/h2*1-15,27,30H,(H,31,32,33);/q;;+2/p-2. The van der Waals surface area contributed by atoms with Crippen LogP contribution in [0.25, 0.3) is 115 Å². The Morgan fingerprint density at radius 1 is 0.333 bits per heavy atom. The van der Waals surface area contributed by atoms with E-state index in [0.29, 0.717) is 0 Å². The van der Waals surface area contributed by atoms with E-state index in [1.54, 1.807) is 24.3 Å². The van der Waals surface area contributed by atoms with E-state index in [1.165, 1.54) is 24.3 Å². The van der Waals surface area contributed by atoms with E-state index in [4.69, 9.17) is 9.97 Å². The van der Waals surface area contributed by atoms with Gasteiger partial charge in [0.1, 0.15) is 20.2 Å². The number of aromatic amines is 4. The van der Waals surface area contributed by atoms with E-state index in [9.17, 15) is 25.9 Å². The molecule has 10 heterocycles. The summed E-state index contributed by atoms with van der Waals surface area (Å²) in [5, 5.41) is 0. The minimum atomic E-state index is -4.53. The fraction of sp³-hybridized carbons (Fsp3) is 0. The number of aromatic nitrogens is 8. The zero-order valence-electron chi connectivity index (χ0n) is 35.7. The number of H-pyrrole nitrogens is 4. The summed E-state index contributed by atoms with van der Waals surface area (Å²) in [4.78, 5) is 31.9. The summed E-state index contributed by atoms with van der Waals surface area (Å²) in [6.45, 7) is 0. The Labute approximate surface area is 409 Å². The zero-order valence-corrected chi connectivity index (χ0v) is 38.8. The second-order valence-corrected chi connectivity index (χ2v) is 18.8. The summed E-state index contributed by atoms with van der Waals surface area (Å²) < 4.78 is 68.3. The van der Waals surface area contributed by atoms with Crippen LogP contribution in [0.4, 0.5) is 0 Å². The van der Waals surface area contributed by atoms with Crippen LogP contribution in [0.5, 0.6) is 0 Å². The van der Waals surface area contributed by atoms with E-state index in [2.05, 4.69) is 29.9 Å². The van der Waals surface area contributed by atoms with Gasteiger partial charge in [0.25, 0.3) is 0 Å². The molecule has 0 atom stereocenters. The van der Waals surface area contributed by atoms with Crippen molar-refractivity contribution in [2.45, 2.75) is 9.79 Å². The van der Waals surface area contributed by atoms with Gasteiger partial charge in [-0.15, -0.1) is 0 Å². The quantitative estimate of drug-likeness (QED) is 0.0962. The third-order valence-corrected chi connectivity index (χ3v) is 13.0. The fourth-order valence-corrected chi connectivity index (χ4v) is 9.14. The predicted octanol–water partition coefficient (Wildman–Crippen LogP) is 10.5. The minimum absolute atomic E-state index is 0. The molecule has 0 amide bonds. The molecular weight excluding hydrogens is 1000 g/mol. The van der Waals surface area contributed by atoms with Gasteiger partial charge in [0.2, 0.25) is 0 Å². The molecule has 6 aromatic heterocycles. The smallest absolute Gasteiger partial charge is 0.744 e. The largest absolute Gasteiger partial charge is 2.00 e. The van der Waals surface area contributed by atoms with E-state index >= 15 is 0 Å². The topological polar surface area (TPSA) is 229 Å². The molecule has 0 saturated carbocycles. The molecule has 0 saturated heterocycles. The summed E-state index contributed by atoms with van der Waals surface area (Å²) in [6.07, 6.45) is 15.5. The maximum atomic E-state index is 11.4. The van der Waals surface area contributed by atoms with Gasteiger partial charge in [-0.05, 0) is 169 Å². The van der Waals surface area contributed by atoms with Gasteiger partial charge in [0.05, 0.1) is 55.3 Å². The molecule has 2 aromatic carbocycles. The average molecular weight is 1040 g/mol. The predicted molar refractivity (Wildman–Crippen MR) is 265 cm³/mol. The maximum absolute atomic E-state index is 11.4. The molecule has 341 valence electrons. The monoisotopic (exact) mass is 1040 g/mol. The third kappa shape index (κ3) is 9.81. The van der Waals surface area contributed by atoms with Gasteiger partial charge in [0.15, 0.2) is 0 Å². The molecule has 14 nitrogen and oxygen atoms in total. The van der Waals surface area contributed by atoms with Crippen LogP contribution >= 0.6 is 0 Å². The molecule has 16 bridgehead atoms. The molecule has 8 aromatic rings. The van der Waals surface area contributed by atoms with Gasteiger partial charge in [-0.25, -0.2) is 36.8 Å². The molecule has 69 heavy (non-hydrogen) atoms. The number of hydrogen-bond donors (Lipinski definition) is 4. The van der Waals surface area contributed by atoms with Crippen molar-refractivity contribution >= 4 is 113 Å². The molecule has 1 radical (unpaired) electrons. The van der Waals surface area contributed by atoms with Crippen molar-refractivity contribution in [3.05, 3.63) is 179 Å². The van der Waals surface area contributed by atoms with Crippen LogP contribution < -0.4 is 0 Å². The second-order valence-electron chi connectivity index (χ2n) is 16.1. The van der Waals surface area contributed by atoms with Gasteiger partial charge in [-0.1, -0.05) is 24.3 Å². The number of hydrogen-bond acceptors (Lipinski definition) is 10. The van der Waals surface area contributed by atoms with Gasteiger partial charge in [-0.3, -0.25) is 0 Å². The Kier molecular flexibility index (Phi) is 11.8. The molecule has 0 fully saturated rings. The zero-order chi connectivity index (χ0) is 46.6. The number of benzene rings is 2. The van der Waals surface area contributed by atoms with Crippen molar-refractivity contribution in [2.24, 2.45) is 0 Å². The Hall–Kier alpha value is -7.80. The van der Waals surface area contributed by atoms with Crippen LogP contribution in [0.2, 0.25) is 0 Å². The van der Waals surface area contributed by atoms with Gasteiger partial charge in [-0.2, -0.15) is 0 Å². The minimum Gasteiger partial charge on any atom is -0.744 e. The van der Waals surface area contributed by atoms with Crippen LogP contribution in [-0.2, 0) is 42.6 Å². The molecule has 0 aliphatic carbocycles. The summed E-state index contributed by atoms with van der Waals surface area (Å²) in [6, 6.07) is 39.3. The van der Waals surface area contributed by atoms with Crippen LogP contribution in [0.15, 0.2) is 143 Å². The molecule has 12 rings (SSSR count). The number of fused-ring (bicyclic) bond motifs is 16. The van der Waals surface area contributed by atoms with Crippen molar-refractivity contribution in [2.75, 3.05) is 0 Å². The molecule has 0 unspecified atom stereocenters. The van der Waals surface area contributed by atoms with Gasteiger partial charge < -0.3 is 29.0 Å². The summed E-state index contributed by atoms with van der Waals surface area (Å²) in [7, 11) is -9.06. The summed E-state index contributed by atoms with van der Waals surface area (Å²) in [5.41, 5.74) is 16.4. The van der Waals surface area contributed by atoms with E-state index in [-0.39, 0.29) is 32.2 Å². The number of rotatable bonds is 4. The van der Waals surface area contributed by atoms with Crippen molar-refractivity contribution in [1.29, 1.82) is 0 Å². The molecule has 4 aliphatic rings. The van der Waals surface area contributed by atoms with Crippen LogP contribution in [0.1, 0.15) is 45.6 Å². The first-order valence-corrected chi connectivity index (χ1v) is 23.9. The Balaban J connectivity index is 0.000000158. The molecule has 0 spiro atoms. The normalized spacial score (nSPS) is 12.7. The second kappa shape index (κ2) is 18.0. The Bertz CT molecular complexity index is 3830. The van der Waals surface area contributed by atoms with E-state index < -0.39 is 20.2 Å². The first-order chi connectivity index (χ1) is 32.8. The van der Waals surface area contributed by atoms with Crippen LogP contribution in [0, 0.1) is 0 Å². The Morgan fingerprint density at radius 2 is 0.609 bits per heavy atom. The van der Waals surface area contributed by atoms with Crippen molar-refractivity contribution in [3.63, 3.8) is 0 Å². The number of nitrogens with zero attached hydrogens (tertiary/aromatic N) is 4. The van der Waals surface area contributed by atoms with Crippen molar-refractivity contribution in [3.8, 4) is 22.3 Å². The molecule has 4 N–H and O–H groups in total. The van der Waals surface area contributed by atoms with Crippen molar-refractivity contribution in [1.82, 2.24) is 39.9 Å². The summed E-state index contributed by atoms with van der Waals surface area (Å²) in [5.74, 6) is 0. The van der Waals surface area contributed by atoms with E-state index in [1.807, 2.05) is 134 Å².